The fraction of sp³-hybridized carbons (Fsp3) is 0.438. The molecule has 0 aliphatic carbocycles. The number of likely N-dealkylation sites (N-methyl/N-ethyl adjacent to an activating group) is 1. The van der Waals surface area contributed by atoms with Crippen molar-refractivity contribution in [2.24, 2.45) is 0 Å². The number of nitrogens with one attached hydrogen (secondary N) is 2. The van der Waals surface area contributed by atoms with Gasteiger partial charge in [0.05, 0.1) is 57.1 Å². The lowest BCUT2D eigenvalue weighted by atomic mass is 10.1. The van der Waals surface area contributed by atoms with Crippen LogP contribution in [0.15, 0.2) is 49.2 Å². The Labute approximate surface area is 272 Å². The quantitative estimate of drug-likeness (QED) is 0.162. The Kier molecular flexibility index (Phi) is 16.3. The van der Waals surface area contributed by atoms with Crippen LogP contribution in [0.3, 0.4) is 0 Å². The van der Waals surface area contributed by atoms with Crippen molar-refractivity contribution in [3.8, 4) is 28.6 Å². The average Bonchev–Trinajstić information content (AvgIpc) is 3.08. The molecule has 3 heterocycles. The van der Waals surface area contributed by atoms with Gasteiger partial charge in [0, 0.05) is 75.8 Å². The molecule has 0 aliphatic heterocycles. The average molecular weight is 651 g/mol. The summed E-state index contributed by atoms with van der Waals surface area (Å²) in [6.45, 7) is 2.99. The number of pyridine rings is 2. The van der Waals surface area contributed by atoms with E-state index in [0.717, 1.165) is 6.20 Å². The first kappa shape index (κ1) is 36.6. The van der Waals surface area contributed by atoms with Gasteiger partial charge in [-0.3, -0.25) is 24.4 Å². The van der Waals surface area contributed by atoms with E-state index in [-0.39, 0.29) is 48.3 Å². The van der Waals surface area contributed by atoms with E-state index in [1.165, 1.54) is 30.4 Å². The number of aromatic nitrogens is 4. The Morgan fingerprint density at radius 2 is 1.62 bits per heavy atom. The molecule has 0 radical (unpaired) electrons. The van der Waals surface area contributed by atoms with Crippen molar-refractivity contribution in [1.29, 1.82) is 5.26 Å². The normalized spacial score (nSPS) is 10.7. The number of nitrogens with zero attached hydrogens (tertiary/aromatic N) is 6. The third-order valence-electron chi connectivity index (χ3n) is 6.48. The predicted octanol–water partition coefficient (Wildman–Crippen LogP) is 2.78. The first-order chi connectivity index (χ1) is 22.9. The molecule has 47 heavy (non-hydrogen) atoms. The lowest BCUT2D eigenvalue weighted by Crippen LogP contribution is -2.39. The van der Waals surface area contributed by atoms with Crippen LogP contribution >= 0.6 is 0 Å². The number of hydrogen-bond acceptors (Lipinski definition) is 11. The first-order valence-electron chi connectivity index (χ1n) is 15.2. The highest BCUT2D eigenvalue weighted by Gasteiger charge is 2.18. The van der Waals surface area contributed by atoms with Crippen LogP contribution < -0.4 is 10.6 Å². The van der Waals surface area contributed by atoms with Crippen LogP contribution in [0.2, 0.25) is 0 Å². The summed E-state index contributed by atoms with van der Waals surface area (Å²) in [4.78, 5) is 55.4. The highest BCUT2D eigenvalue weighted by Crippen LogP contribution is 2.30. The summed E-state index contributed by atoms with van der Waals surface area (Å²) in [5.41, 5.74) is 1.33. The van der Waals surface area contributed by atoms with E-state index < -0.39 is 11.7 Å². The van der Waals surface area contributed by atoms with E-state index in [9.17, 15) is 18.8 Å². The fourth-order valence-corrected chi connectivity index (χ4v) is 4.09. The van der Waals surface area contributed by atoms with Crippen molar-refractivity contribution in [3.63, 3.8) is 0 Å². The largest absolute Gasteiger partial charge is 0.379 e. The SMILES string of the molecule is CN(CC(=O)NCCCOCCOCCOCCCC#N)C(=O)CCC(=O)Nc1cnc(-c2ccncc2F)c(-c2cccnc2)n1. The van der Waals surface area contributed by atoms with Crippen LogP contribution in [0.25, 0.3) is 22.5 Å². The molecular formula is C32H39FN8O6. The molecule has 2 N–H and O–H groups in total. The van der Waals surface area contributed by atoms with Gasteiger partial charge in [-0.1, -0.05) is 0 Å². The Bertz CT molecular complexity index is 1470. The molecule has 0 atom stereocenters. The molecule has 0 aliphatic rings. The van der Waals surface area contributed by atoms with E-state index in [2.05, 4.69) is 36.6 Å². The topological polar surface area (TPSA) is 182 Å². The van der Waals surface area contributed by atoms with Crippen molar-refractivity contribution in [1.82, 2.24) is 30.2 Å². The molecule has 0 fully saturated rings. The molecule has 250 valence electrons. The Morgan fingerprint density at radius 1 is 0.894 bits per heavy atom. The number of rotatable bonds is 21. The third kappa shape index (κ3) is 13.5. The smallest absolute Gasteiger partial charge is 0.239 e. The second-order valence-corrected chi connectivity index (χ2v) is 10.1. The molecule has 14 nitrogen and oxygen atoms in total. The number of nitriles is 1. The Balaban J connectivity index is 1.33. The molecule has 0 aromatic carbocycles. The molecule has 0 spiro atoms. The van der Waals surface area contributed by atoms with Crippen molar-refractivity contribution in [2.75, 3.05) is 65.1 Å². The standard InChI is InChI=1S/C32H39FN8O6/c1-41(23-29(43)37-12-5-15-46-17-19-47-18-16-45-14-3-2-10-34)30(44)8-7-28(42)39-27-22-38-32(25-9-13-36-21-26(25)33)31(40-27)24-6-4-11-35-20-24/h4,6,9,11,13,20-22H,2-3,5,7-8,12,14-19,23H2,1H3,(H,37,43)(H,39,40,42). The van der Waals surface area contributed by atoms with Crippen molar-refractivity contribution in [3.05, 3.63) is 55.0 Å². The van der Waals surface area contributed by atoms with Gasteiger partial charge in [0.1, 0.15) is 5.69 Å². The zero-order valence-electron chi connectivity index (χ0n) is 26.3. The van der Waals surface area contributed by atoms with Crippen LogP contribution in [0.1, 0.15) is 32.1 Å². The zero-order valence-corrected chi connectivity index (χ0v) is 26.3. The fourth-order valence-electron chi connectivity index (χ4n) is 4.09. The van der Waals surface area contributed by atoms with Gasteiger partial charge in [-0.2, -0.15) is 5.26 Å². The van der Waals surface area contributed by atoms with E-state index in [0.29, 0.717) is 76.7 Å². The maximum atomic E-state index is 14.5. The number of hydrogen-bond donors (Lipinski definition) is 2. The lowest BCUT2D eigenvalue weighted by molar-refractivity contribution is -0.135. The molecule has 0 bridgehead atoms. The summed E-state index contributed by atoms with van der Waals surface area (Å²) >= 11 is 0. The van der Waals surface area contributed by atoms with Gasteiger partial charge >= 0.3 is 0 Å². The monoisotopic (exact) mass is 650 g/mol. The molecule has 0 unspecified atom stereocenters. The van der Waals surface area contributed by atoms with Crippen LogP contribution in [0.4, 0.5) is 10.2 Å². The van der Waals surface area contributed by atoms with E-state index in [1.54, 1.807) is 24.5 Å². The number of unbranched alkanes of at least 4 members (excludes halogenated alkanes) is 1. The first-order valence-corrected chi connectivity index (χ1v) is 15.2. The van der Waals surface area contributed by atoms with E-state index >= 15 is 0 Å². The second-order valence-electron chi connectivity index (χ2n) is 10.1. The van der Waals surface area contributed by atoms with Gasteiger partial charge in [0.2, 0.25) is 17.7 Å². The summed E-state index contributed by atoms with van der Waals surface area (Å²) < 4.78 is 30.7. The lowest BCUT2D eigenvalue weighted by Gasteiger charge is -2.17. The summed E-state index contributed by atoms with van der Waals surface area (Å²) in [5, 5.41) is 13.8. The predicted molar refractivity (Wildman–Crippen MR) is 169 cm³/mol. The van der Waals surface area contributed by atoms with Gasteiger partial charge < -0.3 is 29.7 Å². The molecule has 3 aromatic heterocycles. The second kappa shape index (κ2) is 21.0. The molecule has 3 amide bonds. The maximum absolute atomic E-state index is 14.5. The van der Waals surface area contributed by atoms with Crippen molar-refractivity contribution in [2.45, 2.75) is 32.1 Å². The summed E-state index contributed by atoms with van der Waals surface area (Å²) in [5.74, 6) is -1.63. The zero-order chi connectivity index (χ0) is 33.7. The van der Waals surface area contributed by atoms with Crippen LogP contribution in [-0.4, -0.2) is 102 Å². The highest BCUT2D eigenvalue weighted by molar-refractivity contribution is 5.93. The maximum Gasteiger partial charge on any atom is 0.239 e. The molecular weight excluding hydrogens is 611 g/mol. The number of carbonyl (C=O) groups is 3. The molecule has 15 heteroatoms. The van der Waals surface area contributed by atoms with Gasteiger partial charge in [0.15, 0.2) is 11.6 Å². The summed E-state index contributed by atoms with van der Waals surface area (Å²) in [6.07, 6.45) is 8.48. The third-order valence-corrected chi connectivity index (χ3v) is 6.48. The molecule has 0 saturated heterocycles. The molecule has 0 saturated carbocycles. The minimum atomic E-state index is -0.574. The highest BCUT2D eigenvalue weighted by atomic mass is 19.1. The minimum absolute atomic E-state index is 0.123. The Morgan fingerprint density at radius 3 is 2.32 bits per heavy atom. The van der Waals surface area contributed by atoms with Gasteiger partial charge in [-0.05, 0) is 31.0 Å². The minimum Gasteiger partial charge on any atom is -0.379 e. The van der Waals surface area contributed by atoms with E-state index in [4.69, 9.17) is 19.5 Å². The summed E-state index contributed by atoms with van der Waals surface area (Å²) in [7, 11) is 1.49. The van der Waals surface area contributed by atoms with E-state index in [1.807, 2.05) is 0 Å². The van der Waals surface area contributed by atoms with Crippen LogP contribution in [-0.2, 0) is 28.6 Å². The summed E-state index contributed by atoms with van der Waals surface area (Å²) in [6, 6.07) is 6.98. The molecule has 3 rings (SSSR count). The van der Waals surface area contributed by atoms with Gasteiger partial charge in [-0.25, -0.2) is 14.4 Å². The van der Waals surface area contributed by atoms with Crippen molar-refractivity contribution >= 4 is 23.5 Å². The number of anilines is 1. The Hall–Kier alpha value is -4.91. The van der Waals surface area contributed by atoms with Gasteiger partial charge in [0.25, 0.3) is 0 Å². The number of amides is 3. The van der Waals surface area contributed by atoms with Crippen molar-refractivity contribution < 1.29 is 33.0 Å². The van der Waals surface area contributed by atoms with Crippen LogP contribution in [0.5, 0.6) is 0 Å². The number of carbonyl (C=O) groups excluding carboxylic acids is 3. The van der Waals surface area contributed by atoms with Crippen LogP contribution in [0, 0.1) is 17.1 Å². The molecule has 3 aromatic rings. The van der Waals surface area contributed by atoms with Gasteiger partial charge in [-0.15, -0.1) is 0 Å². The number of halogens is 1. The number of ether oxygens (including phenoxy) is 3.